The fraction of sp³-hybridized carbons (Fsp3) is 0.100. The van der Waals surface area contributed by atoms with Crippen LogP contribution in [-0.4, -0.2) is 12.1 Å². The molecule has 13 heavy (non-hydrogen) atoms. The highest BCUT2D eigenvalue weighted by Gasteiger charge is 2.00. The molecule has 0 unspecified atom stereocenters. The molecule has 0 saturated carbocycles. The lowest BCUT2D eigenvalue weighted by Crippen LogP contribution is -1.92. The summed E-state index contributed by atoms with van der Waals surface area (Å²) in [6.45, 7) is 3.67. The van der Waals surface area contributed by atoms with Gasteiger partial charge in [-0.2, -0.15) is 0 Å². The van der Waals surface area contributed by atoms with E-state index in [-0.39, 0.29) is 0 Å². The summed E-state index contributed by atoms with van der Waals surface area (Å²) in [5, 5.41) is 2.76. The average molecular weight is 256 g/mol. The molecule has 0 bridgehead atoms. The van der Waals surface area contributed by atoms with E-state index in [1.165, 1.54) is 11.8 Å². The van der Waals surface area contributed by atoms with E-state index >= 15 is 0 Å². The van der Waals surface area contributed by atoms with E-state index in [2.05, 4.69) is 27.5 Å². The van der Waals surface area contributed by atoms with Crippen LogP contribution in [0.25, 0.3) is 0 Å². The first-order valence-corrected chi connectivity index (χ1v) is 5.45. The highest BCUT2D eigenvalue weighted by atomic mass is 79.9. The molecule has 1 aromatic rings. The van der Waals surface area contributed by atoms with Crippen LogP contribution in [-0.2, 0) is 0 Å². The van der Waals surface area contributed by atoms with Crippen LogP contribution in [0.4, 0.5) is 0 Å². The minimum absolute atomic E-state index is 0.983. The van der Waals surface area contributed by atoms with Crippen LogP contribution >= 0.6 is 27.7 Å². The summed E-state index contributed by atoms with van der Waals surface area (Å²) in [6, 6.07) is 8.06. The molecule has 0 aliphatic heterocycles. The van der Waals surface area contributed by atoms with Gasteiger partial charge in [-0.25, -0.2) is 0 Å². The Bertz CT molecular complexity index is 333. The van der Waals surface area contributed by atoms with Crippen LogP contribution in [0.2, 0.25) is 0 Å². The Kier molecular flexibility index (Phi) is 4.25. The molecule has 0 atom stereocenters. The monoisotopic (exact) mass is 255 g/mol. The molecule has 0 aromatic heterocycles. The van der Waals surface area contributed by atoms with E-state index < -0.39 is 0 Å². The summed E-state index contributed by atoms with van der Waals surface area (Å²) in [5.41, 5.74) is 1.11. The first kappa shape index (κ1) is 10.5. The summed E-state index contributed by atoms with van der Waals surface area (Å²) in [5.74, 6) is 0. The van der Waals surface area contributed by atoms with E-state index in [0.717, 1.165) is 15.1 Å². The third-order valence-electron chi connectivity index (χ3n) is 1.47. The van der Waals surface area contributed by atoms with Gasteiger partial charge in [-0.15, -0.1) is 0 Å². The third-order valence-corrected chi connectivity index (χ3v) is 2.77. The molecule has 0 radical (unpaired) electrons. The Morgan fingerprint density at radius 2 is 2.38 bits per heavy atom. The standard InChI is InChI=1S/C10H10BrNS/c1-3-13-10(12-2)8-5-4-6-9(11)7-8/h3-7H,1H2,2H3. The van der Waals surface area contributed by atoms with E-state index in [0.29, 0.717) is 0 Å². The highest BCUT2D eigenvalue weighted by molar-refractivity contribution is 9.10. The summed E-state index contributed by atoms with van der Waals surface area (Å²) < 4.78 is 1.07. The fourth-order valence-corrected chi connectivity index (χ4v) is 1.88. The zero-order chi connectivity index (χ0) is 9.68. The van der Waals surface area contributed by atoms with Gasteiger partial charge in [0.05, 0.1) is 0 Å². The smallest absolute Gasteiger partial charge is 0.101 e. The van der Waals surface area contributed by atoms with E-state index in [1.54, 1.807) is 12.5 Å². The van der Waals surface area contributed by atoms with Crippen LogP contribution in [0.1, 0.15) is 5.56 Å². The number of hydrogen-bond donors (Lipinski definition) is 0. The minimum Gasteiger partial charge on any atom is -0.281 e. The van der Waals surface area contributed by atoms with Crippen molar-refractivity contribution in [3.05, 3.63) is 46.3 Å². The lowest BCUT2D eigenvalue weighted by Gasteiger charge is -2.02. The minimum atomic E-state index is 0.983. The first-order chi connectivity index (χ1) is 6.27. The van der Waals surface area contributed by atoms with Crippen LogP contribution in [0.15, 0.2) is 45.7 Å². The molecule has 0 saturated heterocycles. The van der Waals surface area contributed by atoms with Gasteiger partial charge in [0.15, 0.2) is 0 Å². The largest absolute Gasteiger partial charge is 0.281 e. The lowest BCUT2D eigenvalue weighted by molar-refractivity contribution is 1.45. The maximum atomic E-state index is 4.18. The molecule has 0 aliphatic carbocycles. The molecule has 0 amide bonds. The molecule has 0 aliphatic rings. The second-order valence-corrected chi connectivity index (χ2v) is 4.20. The topological polar surface area (TPSA) is 12.4 Å². The number of rotatable bonds is 2. The van der Waals surface area contributed by atoms with Gasteiger partial charge < -0.3 is 0 Å². The van der Waals surface area contributed by atoms with Gasteiger partial charge in [-0.3, -0.25) is 4.99 Å². The van der Waals surface area contributed by atoms with Crippen LogP contribution in [0.5, 0.6) is 0 Å². The van der Waals surface area contributed by atoms with Crippen LogP contribution in [0.3, 0.4) is 0 Å². The number of benzene rings is 1. The van der Waals surface area contributed by atoms with Crippen molar-refractivity contribution in [2.24, 2.45) is 4.99 Å². The van der Waals surface area contributed by atoms with Crippen LogP contribution < -0.4 is 0 Å². The quantitative estimate of drug-likeness (QED) is 0.580. The summed E-state index contributed by atoms with van der Waals surface area (Å²) in [4.78, 5) is 4.18. The molecule has 68 valence electrons. The molecular weight excluding hydrogens is 246 g/mol. The predicted octanol–water partition coefficient (Wildman–Crippen LogP) is 3.70. The van der Waals surface area contributed by atoms with E-state index in [4.69, 9.17) is 0 Å². The average Bonchev–Trinajstić information content (AvgIpc) is 2.14. The summed E-state index contributed by atoms with van der Waals surface area (Å²) in [7, 11) is 1.78. The molecule has 0 N–H and O–H groups in total. The van der Waals surface area contributed by atoms with Gasteiger partial charge in [0.2, 0.25) is 0 Å². The maximum Gasteiger partial charge on any atom is 0.101 e. The van der Waals surface area contributed by atoms with Gasteiger partial charge in [0.25, 0.3) is 0 Å². The second kappa shape index (κ2) is 5.25. The van der Waals surface area contributed by atoms with Crippen molar-refractivity contribution < 1.29 is 0 Å². The zero-order valence-electron chi connectivity index (χ0n) is 7.33. The molecule has 0 fully saturated rings. The predicted molar refractivity (Wildman–Crippen MR) is 64.4 cm³/mol. The number of hydrogen-bond acceptors (Lipinski definition) is 2. The Morgan fingerprint density at radius 1 is 1.62 bits per heavy atom. The van der Waals surface area contributed by atoms with Gasteiger partial charge >= 0.3 is 0 Å². The van der Waals surface area contributed by atoms with Gasteiger partial charge in [-0.1, -0.05) is 46.4 Å². The Hall–Kier alpha value is -0.540. The molecule has 1 rings (SSSR count). The Balaban J connectivity index is 2.98. The van der Waals surface area contributed by atoms with Crippen molar-refractivity contribution in [2.75, 3.05) is 7.05 Å². The number of aliphatic imine (C=N–C) groups is 1. The first-order valence-electron chi connectivity index (χ1n) is 3.78. The molecule has 0 spiro atoms. The molecule has 1 aromatic carbocycles. The van der Waals surface area contributed by atoms with Crippen molar-refractivity contribution in [3.63, 3.8) is 0 Å². The van der Waals surface area contributed by atoms with Crippen LogP contribution in [0, 0.1) is 0 Å². The van der Waals surface area contributed by atoms with Crippen molar-refractivity contribution >= 4 is 32.7 Å². The molecule has 1 nitrogen and oxygen atoms in total. The second-order valence-electron chi connectivity index (χ2n) is 2.32. The van der Waals surface area contributed by atoms with Gasteiger partial charge in [0, 0.05) is 17.1 Å². The molecular formula is C10H10BrNS. The zero-order valence-corrected chi connectivity index (χ0v) is 9.73. The van der Waals surface area contributed by atoms with Crippen molar-refractivity contribution in [1.82, 2.24) is 0 Å². The molecule has 3 heteroatoms. The van der Waals surface area contributed by atoms with Gasteiger partial charge in [-0.05, 0) is 17.5 Å². The normalized spacial score (nSPS) is 11.4. The highest BCUT2D eigenvalue weighted by Crippen LogP contribution is 2.18. The van der Waals surface area contributed by atoms with Gasteiger partial charge in [0.1, 0.15) is 5.04 Å². The number of nitrogens with zero attached hydrogens (tertiary/aromatic N) is 1. The van der Waals surface area contributed by atoms with Crippen molar-refractivity contribution in [1.29, 1.82) is 0 Å². The molecule has 0 heterocycles. The summed E-state index contributed by atoms with van der Waals surface area (Å²) >= 11 is 4.95. The maximum absolute atomic E-state index is 4.18. The van der Waals surface area contributed by atoms with Crippen molar-refractivity contribution in [2.45, 2.75) is 0 Å². The number of thioether (sulfide) groups is 1. The fourth-order valence-electron chi connectivity index (χ4n) is 0.950. The number of halogens is 1. The summed E-state index contributed by atoms with van der Waals surface area (Å²) in [6.07, 6.45) is 0. The van der Waals surface area contributed by atoms with Crippen molar-refractivity contribution in [3.8, 4) is 0 Å². The van der Waals surface area contributed by atoms with E-state index in [9.17, 15) is 0 Å². The third kappa shape index (κ3) is 3.01. The SMILES string of the molecule is C=CSC(=NC)c1cccc(Br)c1. The Morgan fingerprint density at radius 3 is 2.92 bits per heavy atom. The Labute approximate surface area is 91.1 Å². The lowest BCUT2D eigenvalue weighted by atomic mass is 10.2. The van der Waals surface area contributed by atoms with E-state index in [1.807, 2.05) is 24.3 Å².